The first-order valence-electron chi connectivity index (χ1n) is 4.93. The highest BCUT2D eigenvalue weighted by atomic mass is 32.2. The molecule has 90 valence electrons. The van der Waals surface area contributed by atoms with Crippen LogP contribution < -0.4 is 0 Å². The number of nitrogens with zero attached hydrogens (tertiary/aromatic N) is 3. The second-order valence-corrected chi connectivity index (χ2v) is 4.44. The number of aromatic carboxylic acids is 1. The Morgan fingerprint density at radius 1 is 1.62 bits per heavy atom. The molecule has 0 atom stereocenters. The third kappa shape index (κ3) is 3.21. The molecule has 0 aromatic carbocycles. The first-order valence-corrected chi connectivity index (χ1v) is 6.08. The number of aromatic nitrogens is 3. The molecule has 0 bridgehead atoms. The van der Waals surface area contributed by atoms with Crippen molar-refractivity contribution >= 4 is 17.7 Å². The van der Waals surface area contributed by atoms with E-state index in [0.717, 1.165) is 11.5 Å². The molecule has 1 aromatic heterocycles. The summed E-state index contributed by atoms with van der Waals surface area (Å²) in [6.07, 6.45) is 0. The van der Waals surface area contributed by atoms with E-state index < -0.39 is 5.97 Å². The van der Waals surface area contributed by atoms with Crippen molar-refractivity contribution in [1.82, 2.24) is 15.0 Å². The number of carboxylic acid groups (broad SMARTS) is 1. The largest absolute Gasteiger partial charge is 0.476 e. The number of aryl methyl sites for hydroxylation is 1. The van der Waals surface area contributed by atoms with E-state index in [1.807, 2.05) is 0 Å². The Kier molecular flexibility index (Phi) is 5.27. The lowest BCUT2D eigenvalue weighted by atomic mass is 10.3. The summed E-state index contributed by atoms with van der Waals surface area (Å²) >= 11 is 1.77. The van der Waals surface area contributed by atoms with Crippen LogP contribution in [0.5, 0.6) is 0 Å². The molecule has 0 saturated carbocycles. The first kappa shape index (κ1) is 13.0. The molecular weight excluding hydrogens is 230 g/mol. The van der Waals surface area contributed by atoms with Crippen LogP contribution in [0.1, 0.15) is 23.1 Å². The number of methoxy groups -OCH3 is 1. The van der Waals surface area contributed by atoms with Crippen LogP contribution in [0.3, 0.4) is 0 Å². The quantitative estimate of drug-likeness (QED) is 0.718. The predicted octanol–water partition coefficient (Wildman–Crippen LogP) is 0.876. The summed E-state index contributed by atoms with van der Waals surface area (Å²) in [7, 11) is 1.52. The predicted molar refractivity (Wildman–Crippen MR) is 60.7 cm³/mol. The normalized spacial score (nSPS) is 10.6. The number of carbonyl (C=O) groups is 1. The van der Waals surface area contributed by atoms with E-state index in [0.29, 0.717) is 12.2 Å². The Morgan fingerprint density at radius 2 is 2.38 bits per heavy atom. The Morgan fingerprint density at radius 3 is 2.94 bits per heavy atom. The molecule has 0 spiro atoms. The van der Waals surface area contributed by atoms with Crippen LogP contribution in [0, 0.1) is 0 Å². The van der Waals surface area contributed by atoms with Crippen LogP contribution in [0.2, 0.25) is 0 Å². The zero-order chi connectivity index (χ0) is 12.0. The van der Waals surface area contributed by atoms with Gasteiger partial charge in [-0.15, -0.1) is 5.10 Å². The Hall–Kier alpha value is -1.08. The average Bonchev–Trinajstić information content (AvgIpc) is 2.63. The summed E-state index contributed by atoms with van der Waals surface area (Å²) in [6.45, 7) is 2.94. The van der Waals surface area contributed by atoms with Gasteiger partial charge < -0.3 is 9.84 Å². The van der Waals surface area contributed by atoms with Crippen LogP contribution in [-0.4, -0.2) is 44.7 Å². The zero-order valence-corrected chi connectivity index (χ0v) is 10.2. The average molecular weight is 245 g/mol. The fraction of sp³-hybridized carbons (Fsp3) is 0.667. The highest BCUT2D eigenvalue weighted by Gasteiger charge is 2.18. The third-order valence-electron chi connectivity index (χ3n) is 1.97. The summed E-state index contributed by atoms with van der Waals surface area (Å²) < 4.78 is 6.55. The minimum absolute atomic E-state index is 0.0247. The maximum Gasteiger partial charge on any atom is 0.358 e. The van der Waals surface area contributed by atoms with Crippen molar-refractivity contribution in [3.8, 4) is 0 Å². The first-order chi connectivity index (χ1) is 7.70. The van der Waals surface area contributed by atoms with Gasteiger partial charge in [0.25, 0.3) is 0 Å². The number of thioether (sulfide) groups is 1. The number of hydrogen-bond donors (Lipinski definition) is 1. The molecule has 1 heterocycles. The van der Waals surface area contributed by atoms with Crippen molar-refractivity contribution < 1.29 is 14.6 Å². The van der Waals surface area contributed by atoms with Crippen molar-refractivity contribution in [3.63, 3.8) is 0 Å². The van der Waals surface area contributed by atoms with Crippen molar-refractivity contribution in [2.75, 3.05) is 18.6 Å². The monoisotopic (exact) mass is 245 g/mol. The van der Waals surface area contributed by atoms with Crippen LogP contribution in [0.25, 0.3) is 0 Å². The molecule has 0 aliphatic rings. The topological polar surface area (TPSA) is 77.2 Å². The molecule has 1 N–H and O–H groups in total. The summed E-state index contributed by atoms with van der Waals surface area (Å²) in [5.74, 6) is 0.844. The molecule has 0 fully saturated rings. The van der Waals surface area contributed by atoms with E-state index in [4.69, 9.17) is 9.84 Å². The van der Waals surface area contributed by atoms with Crippen molar-refractivity contribution in [2.45, 2.75) is 20.1 Å². The standard InChI is InChI=1S/C9H15N3O3S/c1-3-16-5-4-12-7(6-15-2)8(9(13)14)10-11-12/h3-6H2,1-2H3,(H,13,14). The van der Waals surface area contributed by atoms with Gasteiger partial charge in [0.2, 0.25) is 0 Å². The third-order valence-corrected chi connectivity index (χ3v) is 2.85. The van der Waals surface area contributed by atoms with Gasteiger partial charge in [-0.2, -0.15) is 11.8 Å². The fourth-order valence-electron chi connectivity index (χ4n) is 1.25. The lowest BCUT2D eigenvalue weighted by Gasteiger charge is -2.05. The van der Waals surface area contributed by atoms with Crippen LogP contribution in [-0.2, 0) is 17.9 Å². The van der Waals surface area contributed by atoms with E-state index in [1.165, 1.54) is 7.11 Å². The summed E-state index contributed by atoms with van der Waals surface area (Å²) in [5.41, 5.74) is 0.495. The lowest BCUT2D eigenvalue weighted by Crippen LogP contribution is -2.10. The molecule has 6 nitrogen and oxygen atoms in total. The lowest BCUT2D eigenvalue weighted by molar-refractivity contribution is 0.0684. The maximum absolute atomic E-state index is 10.9. The summed E-state index contributed by atoms with van der Waals surface area (Å²) in [4.78, 5) is 10.9. The van der Waals surface area contributed by atoms with Gasteiger partial charge in [-0.3, -0.25) is 0 Å². The highest BCUT2D eigenvalue weighted by molar-refractivity contribution is 7.99. The van der Waals surface area contributed by atoms with Gasteiger partial charge in [0, 0.05) is 12.9 Å². The smallest absolute Gasteiger partial charge is 0.358 e. The Bertz CT molecular complexity index is 354. The van der Waals surface area contributed by atoms with Gasteiger partial charge in [-0.1, -0.05) is 12.1 Å². The van der Waals surface area contributed by atoms with E-state index in [2.05, 4.69) is 17.2 Å². The summed E-state index contributed by atoms with van der Waals surface area (Å²) in [5, 5.41) is 16.4. The van der Waals surface area contributed by atoms with Gasteiger partial charge in [0.15, 0.2) is 5.69 Å². The highest BCUT2D eigenvalue weighted by Crippen LogP contribution is 2.09. The fourth-order valence-corrected chi connectivity index (χ4v) is 1.84. The van der Waals surface area contributed by atoms with Gasteiger partial charge in [0.1, 0.15) is 0 Å². The minimum Gasteiger partial charge on any atom is -0.476 e. The van der Waals surface area contributed by atoms with Crippen molar-refractivity contribution in [3.05, 3.63) is 11.4 Å². The van der Waals surface area contributed by atoms with Crippen molar-refractivity contribution in [2.24, 2.45) is 0 Å². The second-order valence-electron chi connectivity index (χ2n) is 3.04. The molecule has 16 heavy (non-hydrogen) atoms. The molecule has 1 aromatic rings. The van der Waals surface area contributed by atoms with Gasteiger partial charge >= 0.3 is 5.97 Å². The van der Waals surface area contributed by atoms with Gasteiger partial charge in [0.05, 0.1) is 18.8 Å². The Balaban J connectivity index is 2.78. The molecule has 0 aliphatic carbocycles. The van der Waals surface area contributed by atoms with Gasteiger partial charge in [-0.25, -0.2) is 9.48 Å². The SMILES string of the molecule is CCSCCn1nnc(C(=O)O)c1COC. The van der Waals surface area contributed by atoms with E-state index >= 15 is 0 Å². The Labute approximate surface area is 98.0 Å². The number of carboxylic acids is 1. The molecule has 0 unspecified atom stereocenters. The number of hydrogen-bond acceptors (Lipinski definition) is 5. The molecule has 0 radical (unpaired) electrons. The molecule has 0 saturated heterocycles. The minimum atomic E-state index is -1.07. The van der Waals surface area contributed by atoms with E-state index in [-0.39, 0.29) is 12.3 Å². The zero-order valence-electron chi connectivity index (χ0n) is 9.34. The maximum atomic E-state index is 10.9. The summed E-state index contributed by atoms with van der Waals surface area (Å²) in [6, 6.07) is 0. The number of ether oxygens (including phenoxy) is 1. The second kappa shape index (κ2) is 6.49. The van der Waals surface area contributed by atoms with Crippen LogP contribution in [0.15, 0.2) is 0 Å². The van der Waals surface area contributed by atoms with E-state index in [1.54, 1.807) is 16.4 Å². The van der Waals surface area contributed by atoms with Crippen LogP contribution in [0.4, 0.5) is 0 Å². The van der Waals surface area contributed by atoms with Crippen molar-refractivity contribution in [1.29, 1.82) is 0 Å². The molecular formula is C9H15N3O3S. The molecule has 1 rings (SSSR count). The molecule has 0 aliphatic heterocycles. The molecule has 0 amide bonds. The number of rotatable bonds is 7. The van der Waals surface area contributed by atoms with Gasteiger partial charge in [-0.05, 0) is 5.75 Å². The van der Waals surface area contributed by atoms with E-state index in [9.17, 15) is 4.79 Å². The van der Waals surface area contributed by atoms with Crippen LogP contribution >= 0.6 is 11.8 Å². The molecule has 7 heteroatoms.